The summed E-state index contributed by atoms with van der Waals surface area (Å²) in [6, 6.07) is 7.42. The normalized spacial score (nSPS) is 11.3. The zero-order chi connectivity index (χ0) is 18.4. The number of aromatic nitrogens is 6. The minimum Gasteiger partial charge on any atom is -0.385 e. The van der Waals surface area contributed by atoms with E-state index < -0.39 is 0 Å². The van der Waals surface area contributed by atoms with Crippen LogP contribution in [0.2, 0.25) is 0 Å². The summed E-state index contributed by atoms with van der Waals surface area (Å²) in [4.78, 5) is 17.6. The Balaban J connectivity index is 1.90. The monoisotopic (exact) mass is 374 g/mol. The van der Waals surface area contributed by atoms with Crippen LogP contribution in [-0.4, -0.2) is 43.5 Å². The minimum atomic E-state index is -0.0256. The van der Waals surface area contributed by atoms with Crippen LogP contribution in [-0.2, 0) is 23.6 Å². The zero-order valence-corrected chi connectivity index (χ0v) is 15.8. The van der Waals surface area contributed by atoms with E-state index in [1.54, 1.807) is 16.4 Å². The molecule has 8 nitrogen and oxygen atoms in total. The number of benzene rings is 1. The van der Waals surface area contributed by atoms with Crippen LogP contribution in [0.15, 0.2) is 34.2 Å². The van der Waals surface area contributed by atoms with Gasteiger partial charge in [0.1, 0.15) is 0 Å². The molecule has 26 heavy (non-hydrogen) atoms. The molecule has 0 N–H and O–H groups in total. The summed E-state index contributed by atoms with van der Waals surface area (Å²) in [6.07, 6.45) is 1.70. The van der Waals surface area contributed by atoms with E-state index in [9.17, 15) is 4.79 Å². The number of hydrogen-bond donors (Lipinski definition) is 0. The van der Waals surface area contributed by atoms with Crippen LogP contribution in [0.3, 0.4) is 0 Å². The molecule has 3 aromatic rings. The van der Waals surface area contributed by atoms with Gasteiger partial charge in [0.05, 0.1) is 16.7 Å². The van der Waals surface area contributed by atoms with Crippen LogP contribution in [0, 0.1) is 0 Å². The van der Waals surface area contributed by atoms with Crippen molar-refractivity contribution in [2.45, 2.75) is 43.8 Å². The van der Waals surface area contributed by atoms with Gasteiger partial charge in [-0.1, -0.05) is 30.8 Å². The Labute approximate surface area is 155 Å². The Morgan fingerprint density at radius 1 is 1.23 bits per heavy atom. The van der Waals surface area contributed by atoms with E-state index in [1.165, 1.54) is 11.8 Å². The highest BCUT2D eigenvalue weighted by Gasteiger charge is 2.13. The van der Waals surface area contributed by atoms with Crippen molar-refractivity contribution in [3.8, 4) is 0 Å². The summed E-state index contributed by atoms with van der Waals surface area (Å²) in [5.41, 5.74) is 0.679. The number of nitrogens with zero attached hydrogens (tertiary/aromatic N) is 6. The predicted molar refractivity (Wildman–Crippen MR) is 100 cm³/mol. The molecule has 0 saturated heterocycles. The first-order valence-corrected chi connectivity index (χ1v) is 9.59. The molecule has 0 aliphatic rings. The van der Waals surface area contributed by atoms with Gasteiger partial charge in [-0.05, 0) is 35.4 Å². The lowest BCUT2D eigenvalue weighted by atomic mass is 10.2. The van der Waals surface area contributed by atoms with E-state index in [0.717, 1.165) is 25.2 Å². The summed E-state index contributed by atoms with van der Waals surface area (Å²) < 4.78 is 8.64. The SMILES string of the molecule is CCCn1nnnc1CSc1nc2ccccc2c(=O)n1CCCOC. The van der Waals surface area contributed by atoms with Gasteiger partial charge in [0.15, 0.2) is 11.0 Å². The smallest absolute Gasteiger partial charge is 0.262 e. The number of rotatable bonds is 9. The lowest BCUT2D eigenvalue weighted by Gasteiger charge is -2.12. The first-order valence-electron chi connectivity index (χ1n) is 8.61. The Morgan fingerprint density at radius 2 is 2.08 bits per heavy atom. The number of methoxy groups -OCH3 is 1. The molecule has 2 heterocycles. The quantitative estimate of drug-likeness (QED) is 0.322. The number of ether oxygens (including phenoxy) is 1. The highest BCUT2D eigenvalue weighted by atomic mass is 32.2. The van der Waals surface area contributed by atoms with Gasteiger partial charge >= 0.3 is 0 Å². The average molecular weight is 374 g/mol. The molecule has 1 aromatic carbocycles. The Hall–Kier alpha value is -2.26. The fraction of sp³-hybridized carbons (Fsp3) is 0.471. The number of aryl methyl sites for hydroxylation is 1. The van der Waals surface area contributed by atoms with Crippen molar-refractivity contribution in [3.63, 3.8) is 0 Å². The van der Waals surface area contributed by atoms with Crippen LogP contribution >= 0.6 is 11.8 Å². The van der Waals surface area contributed by atoms with Gasteiger partial charge in [0, 0.05) is 26.8 Å². The third kappa shape index (κ3) is 4.10. The highest BCUT2D eigenvalue weighted by Crippen LogP contribution is 2.21. The van der Waals surface area contributed by atoms with Gasteiger partial charge in [-0.15, -0.1) is 5.10 Å². The number of para-hydroxylation sites is 1. The molecule has 0 amide bonds. The number of tetrazole rings is 1. The molecule has 9 heteroatoms. The van der Waals surface area contributed by atoms with E-state index in [4.69, 9.17) is 9.72 Å². The minimum absolute atomic E-state index is 0.0256. The fourth-order valence-corrected chi connectivity index (χ4v) is 3.62. The lowest BCUT2D eigenvalue weighted by molar-refractivity contribution is 0.189. The van der Waals surface area contributed by atoms with Crippen LogP contribution in [0.5, 0.6) is 0 Å². The highest BCUT2D eigenvalue weighted by molar-refractivity contribution is 7.98. The van der Waals surface area contributed by atoms with Gasteiger partial charge in [-0.25, -0.2) is 9.67 Å². The summed E-state index contributed by atoms with van der Waals surface area (Å²) in [5.74, 6) is 1.34. The van der Waals surface area contributed by atoms with E-state index in [-0.39, 0.29) is 5.56 Å². The molecular weight excluding hydrogens is 352 g/mol. The molecule has 0 fully saturated rings. The van der Waals surface area contributed by atoms with Crippen LogP contribution in [0.4, 0.5) is 0 Å². The number of fused-ring (bicyclic) bond motifs is 1. The summed E-state index contributed by atoms with van der Waals surface area (Å²) >= 11 is 1.48. The van der Waals surface area contributed by atoms with Crippen molar-refractivity contribution in [2.75, 3.05) is 13.7 Å². The van der Waals surface area contributed by atoms with Crippen LogP contribution < -0.4 is 5.56 Å². The molecule has 0 aliphatic carbocycles. The molecule has 0 saturated carbocycles. The Morgan fingerprint density at radius 3 is 2.88 bits per heavy atom. The first-order chi connectivity index (χ1) is 12.7. The zero-order valence-electron chi connectivity index (χ0n) is 15.0. The second-order valence-electron chi connectivity index (χ2n) is 5.82. The molecule has 0 radical (unpaired) electrons. The summed E-state index contributed by atoms with van der Waals surface area (Å²) in [7, 11) is 1.66. The van der Waals surface area contributed by atoms with Gasteiger partial charge in [-0.3, -0.25) is 9.36 Å². The number of hydrogen-bond acceptors (Lipinski definition) is 7. The maximum absolute atomic E-state index is 12.9. The molecule has 0 unspecified atom stereocenters. The fourth-order valence-electron chi connectivity index (χ4n) is 2.66. The molecule has 0 spiro atoms. The van der Waals surface area contributed by atoms with Crippen molar-refractivity contribution in [3.05, 3.63) is 40.4 Å². The van der Waals surface area contributed by atoms with Gasteiger partial charge in [-0.2, -0.15) is 0 Å². The Kier molecular flexibility index (Phi) is 6.35. The molecule has 2 aromatic heterocycles. The molecule has 3 rings (SSSR count). The van der Waals surface area contributed by atoms with Crippen LogP contribution in [0.25, 0.3) is 10.9 Å². The second-order valence-corrected chi connectivity index (χ2v) is 6.76. The second kappa shape index (κ2) is 8.91. The molecule has 0 bridgehead atoms. The number of thioether (sulfide) groups is 1. The van der Waals surface area contributed by atoms with Gasteiger partial charge < -0.3 is 4.74 Å². The van der Waals surface area contributed by atoms with Crippen molar-refractivity contribution in [1.82, 2.24) is 29.8 Å². The molecule has 0 aliphatic heterocycles. The van der Waals surface area contributed by atoms with Gasteiger partial charge in [0.2, 0.25) is 0 Å². The Bertz CT molecular complexity index is 923. The largest absolute Gasteiger partial charge is 0.385 e. The third-order valence-electron chi connectivity index (χ3n) is 3.93. The predicted octanol–water partition coefficient (Wildman–Crippen LogP) is 2.12. The van der Waals surface area contributed by atoms with Gasteiger partial charge in [0.25, 0.3) is 5.56 Å². The first kappa shape index (κ1) is 18.5. The maximum atomic E-state index is 12.9. The maximum Gasteiger partial charge on any atom is 0.262 e. The molecule has 0 atom stereocenters. The standard InChI is InChI=1S/C17H22N6O2S/c1-3-9-23-15(19-20-21-23)12-26-17-18-14-8-5-4-7-13(14)16(24)22(17)10-6-11-25-2/h4-5,7-8H,3,6,9-12H2,1-2H3. The van der Waals surface area contributed by atoms with Crippen LogP contribution in [0.1, 0.15) is 25.6 Å². The van der Waals surface area contributed by atoms with E-state index in [2.05, 4.69) is 22.4 Å². The molecule has 138 valence electrons. The third-order valence-corrected chi connectivity index (χ3v) is 4.90. The summed E-state index contributed by atoms with van der Waals surface area (Å²) in [6.45, 7) is 4.01. The van der Waals surface area contributed by atoms with E-state index in [0.29, 0.717) is 35.0 Å². The van der Waals surface area contributed by atoms with Crippen molar-refractivity contribution < 1.29 is 4.74 Å². The molecular formula is C17H22N6O2S. The summed E-state index contributed by atoms with van der Waals surface area (Å²) in [5, 5.41) is 13.1. The topological polar surface area (TPSA) is 87.7 Å². The van der Waals surface area contributed by atoms with Crippen molar-refractivity contribution >= 4 is 22.7 Å². The van der Waals surface area contributed by atoms with E-state index in [1.807, 2.05) is 24.3 Å². The van der Waals surface area contributed by atoms with E-state index >= 15 is 0 Å². The lowest BCUT2D eigenvalue weighted by Crippen LogP contribution is -2.24. The van der Waals surface area contributed by atoms with Crippen molar-refractivity contribution in [2.24, 2.45) is 0 Å². The average Bonchev–Trinajstić information content (AvgIpc) is 3.10. The van der Waals surface area contributed by atoms with Crippen molar-refractivity contribution in [1.29, 1.82) is 0 Å².